The Morgan fingerprint density at radius 1 is 1.67 bits per heavy atom. The van der Waals surface area contributed by atoms with Gasteiger partial charge in [0.15, 0.2) is 0 Å². The maximum Gasteiger partial charge on any atom is 0.323 e. The molecule has 2 heterocycles. The molecule has 1 aliphatic heterocycles. The SMILES string of the molecule is O=C(O)C1(CCc2ccco2)CCCN1. The minimum absolute atomic E-state index is 0.593. The van der Waals surface area contributed by atoms with E-state index in [1.54, 1.807) is 6.26 Å². The number of carbonyl (C=O) groups is 1. The van der Waals surface area contributed by atoms with E-state index in [0.29, 0.717) is 19.3 Å². The van der Waals surface area contributed by atoms with Crippen LogP contribution in [0, 0.1) is 0 Å². The highest BCUT2D eigenvalue weighted by Gasteiger charge is 2.40. The summed E-state index contributed by atoms with van der Waals surface area (Å²) in [4.78, 5) is 11.2. The van der Waals surface area contributed by atoms with Crippen molar-refractivity contribution in [2.24, 2.45) is 0 Å². The number of aryl methyl sites for hydroxylation is 1. The first-order chi connectivity index (χ1) is 7.23. The summed E-state index contributed by atoms with van der Waals surface area (Å²) >= 11 is 0. The summed E-state index contributed by atoms with van der Waals surface area (Å²) in [5, 5.41) is 12.3. The van der Waals surface area contributed by atoms with Gasteiger partial charge in [0, 0.05) is 6.42 Å². The van der Waals surface area contributed by atoms with Gasteiger partial charge in [-0.2, -0.15) is 0 Å². The smallest absolute Gasteiger partial charge is 0.323 e. The third-order valence-corrected chi connectivity index (χ3v) is 3.03. The third-order valence-electron chi connectivity index (χ3n) is 3.03. The van der Waals surface area contributed by atoms with Crippen LogP contribution in [-0.4, -0.2) is 23.2 Å². The van der Waals surface area contributed by atoms with Crippen LogP contribution in [0.2, 0.25) is 0 Å². The monoisotopic (exact) mass is 209 g/mol. The van der Waals surface area contributed by atoms with Crippen LogP contribution in [0.3, 0.4) is 0 Å². The van der Waals surface area contributed by atoms with Crippen LogP contribution in [0.4, 0.5) is 0 Å². The van der Waals surface area contributed by atoms with Crippen molar-refractivity contribution in [1.82, 2.24) is 5.32 Å². The van der Waals surface area contributed by atoms with Gasteiger partial charge >= 0.3 is 5.97 Å². The highest BCUT2D eigenvalue weighted by Crippen LogP contribution is 2.25. The molecule has 0 aliphatic carbocycles. The molecule has 2 rings (SSSR count). The second-order valence-corrected chi connectivity index (χ2v) is 4.00. The average Bonchev–Trinajstić information content (AvgIpc) is 2.87. The lowest BCUT2D eigenvalue weighted by atomic mass is 9.91. The summed E-state index contributed by atoms with van der Waals surface area (Å²) in [5.41, 5.74) is -0.729. The molecular formula is C11H15NO3. The Bertz CT molecular complexity index is 326. The predicted molar refractivity (Wildman–Crippen MR) is 54.6 cm³/mol. The van der Waals surface area contributed by atoms with Crippen LogP contribution in [-0.2, 0) is 11.2 Å². The molecule has 1 aromatic heterocycles. The van der Waals surface area contributed by atoms with E-state index in [2.05, 4.69) is 5.32 Å². The molecule has 1 fully saturated rings. The van der Waals surface area contributed by atoms with E-state index in [4.69, 9.17) is 4.42 Å². The predicted octanol–water partition coefficient (Wildman–Crippen LogP) is 1.42. The number of rotatable bonds is 4. The fraction of sp³-hybridized carbons (Fsp3) is 0.545. The standard InChI is InChI=1S/C11H15NO3/c13-10(14)11(5-2-7-12-11)6-4-9-3-1-8-15-9/h1,3,8,12H,2,4-7H2,(H,13,14). The van der Waals surface area contributed by atoms with Gasteiger partial charge in [-0.25, -0.2) is 0 Å². The van der Waals surface area contributed by atoms with Crippen LogP contribution < -0.4 is 5.32 Å². The van der Waals surface area contributed by atoms with Gasteiger partial charge in [0.25, 0.3) is 0 Å². The lowest BCUT2D eigenvalue weighted by Gasteiger charge is -2.23. The number of hydrogen-bond donors (Lipinski definition) is 2. The van der Waals surface area contributed by atoms with Crippen molar-refractivity contribution in [3.63, 3.8) is 0 Å². The van der Waals surface area contributed by atoms with Gasteiger partial charge in [-0.1, -0.05) is 0 Å². The van der Waals surface area contributed by atoms with Crippen molar-refractivity contribution in [3.05, 3.63) is 24.2 Å². The molecule has 1 atom stereocenters. The van der Waals surface area contributed by atoms with Gasteiger partial charge in [-0.05, 0) is 37.9 Å². The number of nitrogens with one attached hydrogen (secondary N) is 1. The van der Waals surface area contributed by atoms with E-state index in [9.17, 15) is 9.90 Å². The molecule has 1 unspecified atom stereocenters. The Morgan fingerprint density at radius 2 is 2.53 bits per heavy atom. The molecule has 4 heteroatoms. The summed E-state index contributed by atoms with van der Waals surface area (Å²) < 4.78 is 5.20. The van der Waals surface area contributed by atoms with E-state index < -0.39 is 11.5 Å². The molecule has 15 heavy (non-hydrogen) atoms. The van der Waals surface area contributed by atoms with Gasteiger partial charge in [0.2, 0.25) is 0 Å². The minimum Gasteiger partial charge on any atom is -0.480 e. The first-order valence-corrected chi connectivity index (χ1v) is 5.24. The summed E-state index contributed by atoms with van der Waals surface area (Å²) in [6.07, 6.45) is 4.53. The van der Waals surface area contributed by atoms with Crippen molar-refractivity contribution in [2.75, 3.05) is 6.54 Å². The molecule has 0 aromatic carbocycles. The van der Waals surface area contributed by atoms with Crippen LogP contribution in [0.5, 0.6) is 0 Å². The average molecular weight is 209 g/mol. The first-order valence-electron chi connectivity index (χ1n) is 5.24. The highest BCUT2D eigenvalue weighted by molar-refractivity contribution is 5.79. The van der Waals surface area contributed by atoms with Crippen LogP contribution in [0.25, 0.3) is 0 Å². The number of aliphatic carboxylic acids is 1. The van der Waals surface area contributed by atoms with Gasteiger partial charge in [0.05, 0.1) is 6.26 Å². The zero-order valence-electron chi connectivity index (χ0n) is 8.53. The molecule has 0 amide bonds. The Balaban J connectivity index is 1.99. The largest absolute Gasteiger partial charge is 0.480 e. The maximum atomic E-state index is 11.2. The molecule has 1 aromatic rings. The van der Waals surface area contributed by atoms with Crippen LogP contribution >= 0.6 is 0 Å². The molecule has 0 radical (unpaired) electrons. The second kappa shape index (κ2) is 4.06. The maximum absolute atomic E-state index is 11.2. The van der Waals surface area contributed by atoms with Crippen molar-refractivity contribution < 1.29 is 14.3 Å². The zero-order valence-corrected chi connectivity index (χ0v) is 8.53. The van der Waals surface area contributed by atoms with Crippen LogP contribution in [0.15, 0.2) is 22.8 Å². The normalized spacial score (nSPS) is 25.6. The van der Waals surface area contributed by atoms with Crippen molar-refractivity contribution in [1.29, 1.82) is 0 Å². The van der Waals surface area contributed by atoms with Gasteiger partial charge < -0.3 is 14.8 Å². The van der Waals surface area contributed by atoms with Crippen molar-refractivity contribution in [3.8, 4) is 0 Å². The van der Waals surface area contributed by atoms with Crippen molar-refractivity contribution in [2.45, 2.75) is 31.2 Å². The second-order valence-electron chi connectivity index (χ2n) is 4.00. The van der Waals surface area contributed by atoms with Gasteiger partial charge in [0.1, 0.15) is 11.3 Å². The Labute approximate surface area is 88.3 Å². The highest BCUT2D eigenvalue weighted by atomic mass is 16.4. The fourth-order valence-electron chi connectivity index (χ4n) is 2.10. The topological polar surface area (TPSA) is 62.5 Å². The molecule has 0 saturated carbocycles. The van der Waals surface area contributed by atoms with Gasteiger partial charge in [-0.3, -0.25) is 4.79 Å². The molecule has 4 nitrogen and oxygen atoms in total. The molecule has 2 N–H and O–H groups in total. The van der Waals surface area contributed by atoms with E-state index in [0.717, 1.165) is 18.7 Å². The number of furan rings is 1. The molecule has 0 spiro atoms. The quantitative estimate of drug-likeness (QED) is 0.787. The minimum atomic E-state index is -0.744. The van der Waals surface area contributed by atoms with E-state index in [1.807, 2.05) is 12.1 Å². The van der Waals surface area contributed by atoms with E-state index in [-0.39, 0.29) is 0 Å². The number of carboxylic acids is 1. The van der Waals surface area contributed by atoms with Crippen molar-refractivity contribution >= 4 is 5.97 Å². The Morgan fingerprint density at radius 3 is 3.07 bits per heavy atom. The molecule has 1 aliphatic rings. The lowest BCUT2D eigenvalue weighted by molar-refractivity contribution is -0.144. The third kappa shape index (κ3) is 2.04. The Kier molecular flexibility index (Phi) is 2.77. The fourth-order valence-corrected chi connectivity index (χ4v) is 2.10. The molecule has 82 valence electrons. The molecule has 0 bridgehead atoms. The van der Waals surface area contributed by atoms with Crippen LogP contribution in [0.1, 0.15) is 25.0 Å². The molecule has 1 saturated heterocycles. The van der Waals surface area contributed by atoms with E-state index in [1.165, 1.54) is 0 Å². The van der Waals surface area contributed by atoms with E-state index >= 15 is 0 Å². The summed E-state index contributed by atoms with van der Waals surface area (Å²) in [6.45, 7) is 0.796. The summed E-state index contributed by atoms with van der Waals surface area (Å²) in [5.74, 6) is 0.107. The van der Waals surface area contributed by atoms with Gasteiger partial charge in [-0.15, -0.1) is 0 Å². The number of carboxylic acid groups (broad SMARTS) is 1. The lowest BCUT2D eigenvalue weighted by Crippen LogP contribution is -2.47. The zero-order chi connectivity index (χ0) is 10.7. The number of hydrogen-bond acceptors (Lipinski definition) is 3. The summed E-state index contributed by atoms with van der Waals surface area (Å²) in [7, 11) is 0. The summed E-state index contributed by atoms with van der Waals surface area (Å²) in [6, 6.07) is 3.70. The first kappa shape index (κ1) is 10.2. The Hall–Kier alpha value is -1.29. The molecular weight excluding hydrogens is 194 g/mol.